The highest BCUT2D eigenvalue weighted by molar-refractivity contribution is 5.23. The van der Waals surface area contributed by atoms with Crippen LogP contribution in [0.1, 0.15) is 29.2 Å². The lowest BCUT2D eigenvalue weighted by molar-refractivity contribution is 0.559. The number of aromatic nitrogens is 1. The Hall–Kier alpha value is -1.74. The molecule has 0 bridgehead atoms. The summed E-state index contributed by atoms with van der Waals surface area (Å²) >= 11 is 0. The van der Waals surface area contributed by atoms with Gasteiger partial charge in [0.15, 0.2) is 0 Å². The molecule has 18 heavy (non-hydrogen) atoms. The van der Waals surface area contributed by atoms with E-state index in [9.17, 15) is 4.39 Å². The smallest absolute Gasteiger partial charge is 0.146 e. The third kappa shape index (κ3) is 3.14. The van der Waals surface area contributed by atoms with E-state index in [0.29, 0.717) is 5.56 Å². The molecule has 1 atom stereocenters. The first-order chi connectivity index (χ1) is 8.66. The summed E-state index contributed by atoms with van der Waals surface area (Å²) in [5.74, 6) is -0.325. The van der Waals surface area contributed by atoms with Crippen LogP contribution in [-0.2, 0) is 6.42 Å². The first-order valence-electron chi connectivity index (χ1n) is 6.07. The maximum atomic E-state index is 13.5. The third-order valence-corrected chi connectivity index (χ3v) is 3.03. The van der Waals surface area contributed by atoms with Gasteiger partial charge in [0.05, 0.1) is 6.20 Å². The van der Waals surface area contributed by atoms with Crippen molar-refractivity contribution in [2.75, 3.05) is 0 Å². The number of pyridine rings is 1. The van der Waals surface area contributed by atoms with Gasteiger partial charge in [0.1, 0.15) is 5.82 Å². The Kier molecular flexibility index (Phi) is 4.05. The fourth-order valence-electron chi connectivity index (χ4n) is 2.03. The van der Waals surface area contributed by atoms with Gasteiger partial charge in [0, 0.05) is 17.8 Å². The van der Waals surface area contributed by atoms with Crippen molar-refractivity contribution >= 4 is 0 Å². The molecular weight excluding hydrogens is 227 g/mol. The molecule has 0 spiro atoms. The summed E-state index contributed by atoms with van der Waals surface area (Å²) in [5, 5.41) is 0. The van der Waals surface area contributed by atoms with E-state index in [4.69, 9.17) is 5.73 Å². The lowest BCUT2D eigenvalue weighted by Crippen LogP contribution is -2.13. The molecule has 94 valence electrons. The molecule has 1 heterocycles. The maximum absolute atomic E-state index is 13.5. The van der Waals surface area contributed by atoms with Crippen molar-refractivity contribution in [3.8, 4) is 0 Å². The molecule has 3 heteroatoms. The van der Waals surface area contributed by atoms with Gasteiger partial charge in [-0.05, 0) is 31.4 Å². The van der Waals surface area contributed by atoms with Crippen molar-refractivity contribution in [2.45, 2.75) is 25.8 Å². The van der Waals surface area contributed by atoms with Crippen LogP contribution in [-0.4, -0.2) is 4.98 Å². The largest absolute Gasteiger partial charge is 0.324 e. The van der Waals surface area contributed by atoms with E-state index < -0.39 is 0 Å². The Morgan fingerprint density at radius 1 is 1.33 bits per heavy atom. The van der Waals surface area contributed by atoms with Crippen LogP contribution in [0.3, 0.4) is 0 Å². The number of nitrogens with two attached hydrogens (primary N) is 1. The average Bonchev–Trinajstić information content (AvgIpc) is 2.37. The minimum absolute atomic E-state index is 0.284. The zero-order valence-electron chi connectivity index (χ0n) is 10.4. The van der Waals surface area contributed by atoms with Gasteiger partial charge in [-0.3, -0.25) is 4.98 Å². The number of benzene rings is 1. The van der Waals surface area contributed by atoms with Crippen molar-refractivity contribution < 1.29 is 4.39 Å². The predicted molar refractivity (Wildman–Crippen MR) is 70.6 cm³/mol. The molecule has 0 fully saturated rings. The number of halogens is 1. The molecule has 0 aliphatic rings. The fraction of sp³-hybridized carbons (Fsp3) is 0.267. The quantitative estimate of drug-likeness (QED) is 0.897. The lowest BCUT2D eigenvalue weighted by atomic mass is 9.99. The number of aryl methyl sites for hydroxylation is 2. The summed E-state index contributed by atoms with van der Waals surface area (Å²) in [6.45, 7) is 2.06. The second-order valence-electron chi connectivity index (χ2n) is 4.53. The van der Waals surface area contributed by atoms with Gasteiger partial charge in [-0.25, -0.2) is 4.39 Å². The van der Waals surface area contributed by atoms with Crippen LogP contribution >= 0.6 is 0 Å². The van der Waals surface area contributed by atoms with E-state index in [1.165, 1.54) is 17.3 Å². The summed E-state index contributed by atoms with van der Waals surface area (Å²) in [6, 6.07) is 9.66. The molecule has 0 amide bonds. The highest BCUT2D eigenvalue weighted by Gasteiger charge is 2.11. The van der Waals surface area contributed by atoms with Crippen molar-refractivity contribution in [3.63, 3.8) is 0 Å². The minimum atomic E-state index is -0.325. The molecule has 2 N–H and O–H groups in total. The van der Waals surface area contributed by atoms with Crippen LogP contribution in [0.5, 0.6) is 0 Å². The van der Waals surface area contributed by atoms with Gasteiger partial charge in [-0.2, -0.15) is 0 Å². The summed E-state index contributed by atoms with van der Waals surface area (Å²) in [6.07, 6.45) is 4.36. The Balaban J connectivity index is 2.00. The van der Waals surface area contributed by atoms with Gasteiger partial charge in [0.2, 0.25) is 0 Å². The van der Waals surface area contributed by atoms with Crippen LogP contribution in [0, 0.1) is 12.7 Å². The average molecular weight is 244 g/mol. The molecule has 1 unspecified atom stereocenters. The Morgan fingerprint density at radius 3 is 2.89 bits per heavy atom. The molecule has 0 radical (unpaired) electrons. The third-order valence-electron chi connectivity index (χ3n) is 3.03. The molecular formula is C15H17FN2. The highest BCUT2D eigenvalue weighted by Crippen LogP contribution is 2.19. The minimum Gasteiger partial charge on any atom is -0.324 e. The van der Waals surface area contributed by atoms with Gasteiger partial charge in [-0.15, -0.1) is 0 Å². The summed E-state index contributed by atoms with van der Waals surface area (Å²) in [4.78, 5) is 3.73. The molecule has 0 saturated heterocycles. The van der Waals surface area contributed by atoms with E-state index in [2.05, 4.69) is 30.1 Å². The van der Waals surface area contributed by atoms with Crippen LogP contribution in [0.4, 0.5) is 4.39 Å². The Labute approximate surface area is 107 Å². The predicted octanol–water partition coefficient (Wildman–Crippen LogP) is 3.16. The molecule has 0 saturated carbocycles. The zero-order valence-corrected chi connectivity index (χ0v) is 10.4. The number of rotatable bonds is 4. The van der Waals surface area contributed by atoms with E-state index in [-0.39, 0.29) is 11.9 Å². The Bertz CT molecular complexity index is 525. The summed E-state index contributed by atoms with van der Waals surface area (Å²) in [5.41, 5.74) is 9.02. The van der Waals surface area contributed by atoms with Crippen molar-refractivity contribution in [3.05, 3.63) is 65.2 Å². The van der Waals surface area contributed by atoms with Gasteiger partial charge in [-0.1, -0.05) is 29.8 Å². The number of hydrogen-bond donors (Lipinski definition) is 1. The standard InChI is InChI=1S/C15H17FN2/c1-11-3-2-4-12(9-11)5-6-15(17)13-7-8-18-10-14(13)16/h2-4,7-10,15H,5-6,17H2,1H3. The first kappa shape index (κ1) is 12.7. The molecule has 1 aromatic carbocycles. The van der Waals surface area contributed by atoms with Gasteiger partial charge >= 0.3 is 0 Å². The molecule has 1 aromatic heterocycles. The van der Waals surface area contributed by atoms with E-state index in [1.54, 1.807) is 12.3 Å². The summed E-state index contributed by atoms with van der Waals surface area (Å²) in [7, 11) is 0. The van der Waals surface area contributed by atoms with Crippen molar-refractivity contribution in [1.82, 2.24) is 4.98 Å². The fourth-order valence-corrected chi connectivity index (χ4v) is 2.03. The summed E-state index contributed by atoms with van der Waals surface area (Å²) < 4.78 is 13.5. The molecule has 0 aliphatic carbocycles. The van der Waals surface area contributed by atoms with Crippen LogP contribution in [0.15, 0.2) is 42.7 Å². The van der Waals surface area contributed by atoms with Gasteiger partial charge < -0.3 is 5.73 Å². The van der Waals surface area contributed by atoms with E-state index in [1.807, 2.05) is 6.07 Å². The van der Waals surface area contributed by atoms with Crippen LogP contribution < -0.4 is 5.73 Å². The first-order valence-corrected chi connectivity index (χ1v) is 6.07. The van der Waals surface area contributed by atoms with Crippen molar-refractivity contribution in [2.24, 2.45) is 5.73 Å². The van der Waals surface area contributed by atoms with Gasteiger partial charge in [0.25, 0.3) is 0 Å². The normalized spacial score (nSPS) is 12.4. The second-order valence-corrected chi connectivity index (χ2v) is 4.53. The van der Waals surface area contributed by atoms with E-state index in [0.717, 1.165) is 12.8 Å². The number of hydrogen-bond acceptors (Lipinski definition) is 2. The second kappa shape index (κ2) is 5.74. The topological polar surface area (TPSA) is 38.9 Å². The van der Waals surface area contributed by atoms with Crippen molar-refractivity contribution in [1.29, 1.82) is 0 Å². The zero-order chi connectivity index (χ0) is 13.0. The number of nitrogens with zero attached hydrogens (tertiary/aromatic N) is 1. The van der Waals surface area contributed by atoms with E-state index >= 15 is 0 Å². The highest BCUT2D eigenvalue weighted by atomic mass is 19.1. The molecule has 0 aliphatic heterocycles. The SMILES string of the molecule is Cc1cccc(CCC(N)c2ccncc2F)c1. The maximum Gasteiger partial charge on any atom is 0.146 e. The monoisotopic (exact) mass is 244 g/mol. The Morgan fingerprint density at radius 2 is 2.17 bits per heavy atom. The molecule has 2 aromatic rings. The molecule has 2 nitrogen and oxygen atoms in total. The van der Waals surface area contributed by atoms with Crippen LogP contribution in [0.25, 0.3) is 0 Å². The molecule has 2 rings (SSSR count). The lowest BCUT2D eigenvalue weighted by Gasteiger charge is -2.12. The van der Waals surface area contributed by atoms with Crippen LogP contribution in [0.2, 0.25) is 0 Å².